The number of aryl methyl sites for hydroxylation is 1. The number of H-pyrrole nitrogens is 1. The zero-order chi connectivity index (χ0) is 25.3. The molecule has 2 heterocycles. The Hall–Kier alpha value is -3.98. The summed E-state index contributed by atoms with van der Waals surface area (Å²) in [5.41, 5.74) is 1.80. The molecule has 10 heteroatoms. The molecule has 2 aromatic carbocycles. The van der Waals surface area contributed by atoms with E-state index in [9.17, 15) is 24.6 Å². The van der Waals surface area contributed by atoms with Crippen molar-refractivity contribution >= 4 is 45.3 Å². The number of aromatic amines is 1. The van der Waals surface area contributed by atoms with Crippen LogP contribution in [-0.2, 0) is 22.4 Å². The fraction of sp³-hybridized carbons (Fsp3) is 0.240. The molecule has 3 N–H and O–H groups in total. The number of carboxylic acid groups (broad SMARTS) is 1. The number of hydrogen-bond acceptors (Lipinski definition) is 7. The molecule has 35 heavy (non-hydrogen) atoms. The number of fused-ring (bicyclic) bond motifs is 2. The van der Waals surface area contributed by atoms with Crippen LogP contribution < -0.4 is 20.8 Å². The topological polar surface area (TPSA) is 145 Å². The van der Waals surface area contributed by atoms with Gasteiger partial charge in [-0.25, -0.2) is 4.79 Å². The molecule has 0 saturated heterocycles. The van der Waals surface area contributed by atoms with Crippen molar-refractivity contribution < 1.29 is 29.0 Å². The van der Waals surface area contributed by atoms with Gasteiger partial charge in [-0.15, -0.1) is 0 Å². The van der Waals surface area contributed by atoms with E-state index in [4.69, 9.17) is 20.8 Å². The largest absolute Gasteiger partial charge is 0.548 e. The van der Waals surface area contributed by atoms with Crippen LogP contribution in [0.3, 0.4) is 0 Å². The number of halogens is 1. The Morgan fingerprint density at radius 1 is 1.20 bits per heavy atom. The summed E-state index contributed by atoms with van der Waals surface area (Å²) >= 11 is 6.34. The highest BCUT2D eigenvalue weighted by Crippen LogP contribution is 2.32. The van der Waals surface area contributed by atoms with Gasteiger partial charge in [-0.05, 0) is 48.7 Å². The Bertz CT molecular complexity index is 1490. The van der Waals surface area contributed by atoms with Crippen molar-refractivity contribution in [3.63, 3.8) is 0 Å². The first-order chi connectivity index (χ1) is 16.7. The molecule has 1 amide bonds. The molecule has 0 bridgehead atoms. The number of carboxylic acids is 1. The molecule has 0 radical (unpaired) electrons. The number of ether oxygens (including phenoxy) is 1. The van der Waals surface area contributed by atoms with Crippen LogP contribution in [0, 0.1) is 0 Å². The van der Waals surface area contributed by atoms with Crippen LogP contribution in [0.4, 0.5) is 0 Å². The van der Waals surface area contributed by atoms with Crippen molar-refractivity contribution in [1.29, 1.82) is 0 Å². The first-order valence-electron chi connectivity index (χ1n) is 10.9. The minimum Gasteiger partial charge on any atom is -0.548 e. The van der Waals surface area contributed by atoms with Gasteiger partial charge in [0.1, 0.15) is 17.1 Å². The van der Waals surface area contributed by atoms with Crippen molar-refractivity contribution in [1.82, 2.24) is 10.3 Å². The van der Waals surface area contributed by atoms with Gasteiger partial charge in [0.05, 0.1) is 17.0 Å². The van der Waals surface area contributed by atoms with Crippen LogP contribution in [0.2, 0.25) is 5.02 Å². The summed E-state index contributed by atoms with van der Waals surface area (Å²) in [4.78, 5) is 39.3. The molecule has 4 aromatic rings. The number of amides is 1. The molecule has 2 atom stereocenters. The van der Waals surface area contributed by atoms with Crippen molar-refractivity contribution in [2.75, 3.05) is 0 Å². The van der Waals surface area contributed by atoms with E-state index < -0.39 is 29.6 Å². The quantitative estimate of drug-likeness (QED) is 0.317. The van der Waals surface area contributed by atoms with E-state index in [0.717, 1.165) is 5.56 Å². The summed E-state index contributed by atoms with van der Waals surface area (Å²) in [5, 5.41) is 25.4. The van der Waals surface area contributed by atoms with E-state index in [2.05, 4.69) is 10.3 Å². The number of phenols is 1. The van der Waals surface area contributed by atoms with Gasteiger partial charge in [0.2, 0.25) is 0 Å². The molecule has 9 nitrogen and oxygen atoms in total. The number of carbonyl (C=O) groups excluding carboxylic acids is 2. The third-order valence-corrected chi connectivity index (χ3v) is 6.01. The molecule has 0 aliphatic rings. The summed E-state index contributed by atoms with van der Waals surface area (Å²) in [5.74, 6) is -2.04. The van der Waals surface area contributed by atoms with E-state index in [1.165, 1.54) is 31.2 Å². The Morgan fingerprint density at radius 2 is 1.97 bits per heavy atom. The Morgan fingerprint density at radius 3 is 2.69 bits per heavy atom. The van der Waals surface area contributed by atoms with E-state index in [0.29, 0.717) is 28.3 Å². The molecule has 0 aliphatic carbocycles. The summed E-state index contributed by atoms with van der Waals surface area (Å²) in [6, 6.07) is 7.73. The highest BCUT2D eigenvalue weighted by atomic mass is 35.5. The van der Waals surface area contributed by atoms with Crippen LogP contribution in [0.25, 0.3) is 21.9 Å². The van der Waals surface area contributed by atoms with Crippen molar-refractivity contribution in [2.45, 2.75) is 38.8 Å². The van der Waals surface area contributed by atoms with E-state index in [1.807, 2.05) is 6.92 Å². The molecule has 0 spiro atoms. The number of carbonyl (C=O) groups is 2. The van der Waals surface area contributed by atoms with Crippen LogP contribution in [0.1, 0.15) is 25.0 Å². The molecule has 182 valence electrons. The van der Waals surface area contributed by atoms with Gasteiger partial charge in [0.15, 0.2) is 6.10 Å². The Balaban J connectivity index is 1.52. The first kappa shape index (κ1) is 24.2. The minimum absolute atomic E-state index is 0.0311. The van der Waals surface area contributed by atoms with Crippen molar-refractivity contribution in [3.8, 4) is 11.5 Å². The zero-order valence-corrected chi connectivity index (χ0v) is 19.6. The summed E-state index contributed by atoms with van der Waals surface area (Å²) in [6.45, 7) is 3.33. The molecular formula is C25H22ClN2O7-. The lowest BCUT2D eigenvalue weighted by molar-refractivity contribution is -0.308. The number of nitrogens with one attached hydrogen (secondary N) is 2. The lowest BCUT2D eigenvalue weighted by Gasteiger charge is -2.22. The number of hydrogen-bond donors (Lipinski definition) is 3. The second-order valence-electron chi connectivity index (χ2n) is 8.11. The second kappa shape index (κ2) is 9.71. The lowest BCUT2D eigenvalue weighted by Crippen LogP contribution is -2.52. The maximum atomic E-state index is 12.7. The highest BCUT2D eigenvalue weighted by Gasteiger charge is 2.23. The molecule has 0 saturated carbocycles. The third kappa shape index (κ3) is 5.09. The smallest absolute Gasteiger partial charge is 0.336 e. The van der Waals surface area contributed by atoms with Crippen LogP contribution in [-0.4, -0.2) is 34.1 Å². The standard InChI is InChI=1S/C25H23ClN2O7/c1-3-13-7-23(30)35-21-10-22(18(26)9-17(13)21)34-12(2)24(31)28-20(25(32)33)6-14-11-27-19-5-4-15(29)8-16(14)19/h4-5,7-12,20,27,29H,3,6H2,1-2H3,(H,28,31)(H,32,33)/p-1/t12-,20-/m0/s1. The van der Waals surface area contributed by atoms with Gasteiger partial charge in [-0.2, -0.15) is 0 Å². The summed E-state index contributed by atoms with van der Waals surface area (Å²) < 4.78 is 10.9. The van der Waals surface area contributed by atoms with Gasteiger partial charge < -0.3 is 34.5 Å². The van der Waals surface area contributed by atoms with E-state index in [-0.39, 0.29) is 28.5 Å². The van der Waals surface area contributed by atoms with Gasteiger partial charge in [0.25, 0.3) is 5.91 Å². The minimum atomic E-state index is -1.47. The summed E-state index contributed by atoms with van der Waals surface area (Å²) in [6.07, 6.45) is 1.00. The van der Waals surface area contributed by atoms with Gasteiger partial charge in [-0.1, -0.05) is 18.5 Å². The number of aromatic hydroxyl groups is 1. The zero-order valence-electron chi connectivity index (χ0n) is 18.9. The fourth-order valence-electron chi connectivity index (χ4n) is 3.89. The number of aromatic nitrogens is 1. The van der Waals surface area contributed by atoms with Crippen molar-refractivity contribution in [3.05, 3.63) is 69.2 Å². The number of rotatable bonds is 8. The molecular weight excluding hydrogens is 476 g/mol. The second-order valence-corrected chi connectivity index (χ2v) is 8.52. The average Bonchev–Trinajstić information content (AvgIpc) is 3.20. The predicted octanol–water partition coefficient (Wildman–Crippen LogP) is 2.44. The Labute approximate surface area is 204 Å². The number of benzene rings is 2. The summed E-state index contributed by atoms with van der Waals surface area (Å²) in [7, 11) is 0. The molecule has 0 fully saturated rings. The van der Waals surface area contributed by atoms with Gasteiger partial charge in [-0.3, -0.25) is 4.79 Å². The number of aliphatic carboxylic acids is 1. The predicted molar refractivity (Wildman–Crippen MR) is 128 cm³/mol. The maximum absolute atomic E-state index is 12.7. The lowest BCUT2D eigenvalue weighted by atomic mass is 10.0. The third-order valence-electron chi connectivity index (χ3n) is 5.71. The van der Waals surface area contributed by atoms with Crippen LogP contribution >= 0.6 is 11.6 Å². The van der Waals surface area contributed by atoms with Crippen LogP contribution in [0.5, 0.6) is 11.5 Å². The monoisotopic (exact) mass is 497 g/mol. The van der Waals surface area contributed by atoms with E-state index >= 15 is 0 Å². The molecule has 0 unspecified atom stereocenters. The highest BCUT2D eigenvalue weighted by molar-refractivity contribution is 6.32. The molecule has 2 aromatic heterocycles. The normalized spacial score (nSPS) is 13.0. The average molecular weight is 498 g/mol. The fourth-order valence-corrected chi connectivity index (χ4v) is 4.10. The van der Waals surface area contributed by atoms with Crippen LogP contribution in [0.15, 0.2) is 51.8 Å². The van der Waals surface area contributed by atoms with Crippen molar-refractivity contribution in [2.24, 2.45) is 0 Å². The molecule has 0 aliphatic heterocycles. The maximum Gasteiger partial charge on any atom is 0.336 e. The molecule has 4 rings (SSSR count). The SMILES string of the molecule is CCc1cc(=O)oc2cc(O[C@@H](C)C(=O)N[C@@H](Cc3c[nH]c4ccc(O)cc34)C(=O)[O-])c(Cl)cc12. The first-order valence-corrected chi connectivity index (χ1v) is 11.3. The Kier molecular flexibility index (Phi) is 6.70. The van der Waals surface area contributed by atoms with E-state index in [1.54, 1.807) is 18.3 Å². The van der Waals surface area contributed by atoms with Gasteiger partial charge >= 0.3 is 5.63 Å². The number of phenolic OH excluding ortho intramolecular Hbond substituents is 1. The van der Waals surface area contributed by atoms with Gasteiger partial charge in [0, 0.05) is 41.0 Å².